The SMILES string of the molecule is Cc1ncsc1C(=O)Nc1ccccc1. The van der Waals surface area contributed by atoms with E-state index in [4.69, 9.17) is 0 Å². The van der Waals surface area contributed by atoms with Gasteiger partial charge in [-0.05, 0) is 19.1 Å². The van der Waals surface area contributed by atoms with Gasteiger partial charge in [0.25, 0.3) is 5.91 Å². The predicted octanol–water partition coefficient (Wildman–Crippen LogP) is 2.70. The molecule has 2 rings (SSSR count). The number of amides is 1. The van der Waals surface area contributed by atoms with Crippen molar-refractivity contribution in [3.63, 3.8) is 0 Å². The molecule has 0 aliphatic heterocycles. The Bertz CT molecular complexity index is 464. The zero-order valence-corrected chi connectivity index (χ0v) is 9.04. The van der Waals surface area contributed by atoms with E-state index in [9.17, 15) is 4.79 Å². The molecule has 0 unspecified atom stereocenters. The molecule has 4 heteroatoms. The number of carbonyl (C=O) groups excluding carboxylic acids is 1. The summed E-state index contributed by atoms with van der Waals surface area (Å²) in [6.45, 7) is 1.83. The van der Waals surface area contributed by atoms with E-state index in [-0.39, 0.29) is 5.91 Å². The predicted molar refractivity (Wildman–Crippen MR) is 61.2 cm³/mol. The third-order valence-electron chi connectivity index (χ3n) is 1.98. The highest BCUT2D eigenvalue weighted by Gasteiger charge is 2.11. The van der Waals surface area contributed by atoms with E-state index in [0.29, 0.717) is 4.88 Å². The molecule has 0 aliphatic rings. The first-order valence-corrected chi connectivity index (χ1v) is 5.42. The lowest BCUT2D eigenvalue weighted by Gasteiger charge is -2.02. The van der Waals surface area contributed by atoms with Gasteiger partial charge < -0.3 is 5.32 Å². The monoisotopic (exact) mass is 218 g/mol. The third kappa shape index (κ3) is 2.22. The number of aryl methyl sites for hydroxylation is 1. The summed E-state index contributed by atoms with van der Waals surface area (Å²) < 4.78 is 0. The molecule has 0 radical (unpaired) electrons. The molecule has 0 aliphatic carbocycles. The zero-order chi connectivity index (χ0) is 10.7. The topological polar surface area (TPSA) is 42.0 Å². The summed E-state index contributed by atoms with van der Waals surface area (Å²) in [5.41, 5.74) is 3.25. The number of carbonyl (C=O) groups is 1. The van der Waals surface area contributed by atoms with E-state index in [1.807, 2.05) is 37.3 Å². The molecule has 1 aromatic carbocycles. The number of nitrogens with one attached hydrogen (secondary N) is 1. The summed E-state index contributed by atoms with van der Waals surface area (Å²) in [4.78, 5) is 16.5. The second-order valence-corrected chi connectivity index (χ2v) is 3.94. The van der Waals surface area contributed by atoms with Crippen LogP contribution in [0.25, 0.3) is 0 Å². The fraction of sp³-hybridized carbons (Fsp3) is 0.0909. The van der Waals surface area contributed by atoms with Crippen molar-refractivity contribution < 1.29 is 4.79 Å². The summed E-state index contributed by atoms with van der Waals surface area (Å²) in [6, 6.07) is 9.39. The number of aromatic nitrogens is 1. The fourth-order valence-corrected chi connectivity index (χ4v) is 1.93. The van der Waals surface area contributed by atoms with Crippen molar-refractivity contribution in [1.82, 2.24) is 4.98 Å². The lowest BCUT2D eigenvalue weighted by molar-refractivity contribution is 0.103. The molecule has 0 fully saturated rings. The van der Waals surface area contributed by atoms with Gasteiger partial charge in [-0.1, -0.05) is 18.2 Å². The van der Waals surface area contributed by atoms with Gasteiger partial charge in [0.05, 0.1) is 11.2 Å². The maximum Gasteiger partial charge on any atom is 0.267 e. The molecule has 1 amide bonds. The smallest absolute Gasteiger partial charge is 0.267 e. The van der Waals surface area contributed by atoms with Crippen molar-refractivity contribution in [2.75, 3.05) is 5.32 Å². The van der Waals surface area contributed by atoms with Crippen LogP contribution in [-0.2, 0) is 0 Å². The molecule has 0 atom stereocenters. The highest BCUT2D eigenvalue weighted by molar-refractivity contribution is 7.12. The van der Waals surface area contributed by atoms with Crippen molar-refractivity contribution in [2.24, 2.45) is 0 Å². The number of benzene rings is 1. The molecule has 1 N–H and O–H groups in total. The minimum Gasteiger partial charge on any atom is -0.321 e. The van der Waals surface area contributed by atoms with Gasteiger partial charge in [0, 0.05) is 5.69 Å². The second-order valence-electron chi connectivity index (χ2n) is 3.09. The van der Waals surface area contributed by atoms with Crippen LogP contribution in [-0.4, -0.2) is 10.9 Å². The largest absolute Gasteiger partial charge is 0.321 e. The first-order chi connectivity index (χ1) is 7.27. The number of thiazole rings is 1. The van der Waals surface area contributed by atoms with Gasteiger partial charge in [-0.2, -0.15) is 0 Å². The molecule has 15 heavy (non-hydrogen) atoms. The van der Waals surface area contributed by atoms with Gasteiger partial charge in [-0.25, -0.2) is 4.98 Å². The molecular formula is C11H10N2OS. The van der Waals surface area contributed by atoms with Gasteiger partial charge in [-0.15, -0.1) is 11.3 Å². The van der Waals surface area contributed by atoms with Crippen LogP contribution in [0.3, 0.4) is 0 Å². The maximum absolute atomic E-state index is 11.8. The Balaban J connectivity index is 2.15. The molecular weight excluding hydrogens is 208 g/mol. The Labute approximate surface area is 91.8 Å². The van der Waals surface area contributed by atoms with Crippen LogP contribution in [0.2, 0.25) is 0 Å². The standard InChI is InChI=1S/C11H10N2OS/c1-8-10(15-7-12-8)11(14)13-9-5-3-2-4-6-9/h2-7H,1H3,(H,13,14). The van der Waals surface area contributed by atoms with E-state index < -0.39 is 0 Å². The van der Waals surface area contributed by atoms with E-state index >= 15 is 0 Å². The van der Waals surface area contributed by atoms with Gasteiger partial charge >= 0.3 is 0 Å². The molecule has 76 valence electrons. The van der Waals surface area contributed by atoms with Crippen LogP contribution in [0, 0.1) is 6.92 Å². The van der Waals surface area contributed by atoms with Crippen molar-refractivity contribution in [1.29, 1.82) is 0 Å². The van der Waals surface area contributed by atoms with Crippen LogP contribution < -0.4 is 5.32 Å². The van der Waals surface area contributed by atoms with Crippen molar-refractivity contribution in [3.05, 3.63) is 46.4 Å². The number of para-hydroxylation sites is 1. The van der Waals surface area contributed by atoms with Gasteiger partial charge in [0.15, 0.2) is 0 Å². The van der Waals surface area contributed by atoms with E-state index in [2.05, 4.69) is 10.3 Å². The Kier molecular flexibility index (Phi) is 2.78. The lowest BCUT2D eigenvalue weighted by atomic mass is 10.3. The molecule has 0 saturated carbocycles. The van der Waals surface area contributed by atoms with E-state index in [0.717, 1.165) is 11.4 Å². The number of hydrogen-bond donors (Lipinski definition) is 1. The van der Waals surface area contributed by atoms with E-state index in [1.165, 1.54) is 11.3 Å². The Hall–Kier alpha value is -1.68. The van der Waals surface area contributed by atoms with Gasteiger partial charge in [0.2, 0.25) is 0 Å². The molecule has 1 heterocycles. The number of anilines is 1. The molecule has 1 aromatic heterocycles. The summed E-state index contributed by atoms with van der Waals surface area (Å²) >= 11 is 1.35. The molecule has 0 saturated heterocycles. The average molecular weight is 218 g/mol. The third-order valence-corrected chi connectivity index (χ3v) is 2.91. The Morgan fingerprint density at radius 3 is 2.67 bits per heavy atom. The summed E-state index contributed by atoms with van der Waals surface area (Å²) in [5, 5.41) is 2.82. The van der Waals surface area contributed by atoms with Gasteiger partial charge in [-0.3, -0.25) is 4.79 Å². The Morgan fingerprint density at radius 2 is 2.07 bits per heavy atom. The number of hydrogen-bond acceptors (Lipinski definition) is 3. The van der Waals surface area contributed by atoms with Crippen LogP contribution in [0.15, 0.2) is 35.8 Å². The number of rotatable bonds is 2. The summed E-state index contributed by atoms with van der Waals surface area (Å²) in [6.07, 6.45) is 0. The highest BCUT2D eigenvalue weighted by Crippen LogP contribution is 2.14. The van der Waals surface area contributed by atoms with E-state index in [1.54, 1.807) is 5.51 Å². The fourth-order valence-electron chi connectivity index (χ4n) is 1.23. The highest BCUT2D eigenvalue weighted by atomic mass is 32.1. The van der Waals surface area contributed by atoms with Gasteiger partial charge in [0.1, 0.15) is 4.88 Å². The summed E-state index contributed by atoms with van der Waals surface area (Å²) in [5.74, 6) is -0.0961. The first kappa shape index (κ1) is 9.86. The maximum atomic E-state index is 11.8. The van der Waals surface area contributed by atoms with Crippen molar-refractivity contribution >= 4 is 22.9 Å². The lowest BCUT2D eigenvalue weighted by Crippen LogP contribution is -2.11. The van der Waals surface area contributed by atoms with Crippen LogP contribution in [0.1, 0.15) is 15.4 Å². The summed E-state index contributed by atoms with van der Waals surface area (Å²) in [7, 11) is 0. The minimum absolute atomic E-state index is 0.0961. The van der Waals surface area contributed by atoms with Crippen molar-refractivity contribution in [2.45, 2.75) is 6.92 Å². The normalized spacial score (nSPS) is 9.93. The second kappa shape index (κ2) is 4.23. The quantitative estimate of drug-likeness (QED) is 0.842. The first-order valence-electron chi connectivity index (χ1n) is 4.54. The molecule has 3 nitrogen and oxygen atoms in total. The van der Waals surface area contributed by atoms with Crippen LogP contribution >= 0.6 is 11.3 Å². The average Bonchev–Trinajstić information content (AvgIpc) is 2.66. The van der Waals surface area contributed by atoms with Crippen LogP contribution in [0.5, 0.6) is 0 Å². The zero-order valence-electron chi connectivity index (χ0n) is 8.23. The minimum atomic E-state index is -0.0961. The molecule has 0 bridgehead atoms. The van der Waals surface area contributed by atoms with Crippen molar-refractivity contribution in [3.8, 4) is 0 Å². The number of nitrogens with zero attached hydrogens (tertiary/aromatic N) is 1. The van der Waals surface area contributed by atoms with Crippen LogP contribution in [0.4, 0.5) is 5.69 Å². The Morgan fingerprint density at radius 1 is 1.33 bits per heavy atom. The molecule has 0 spiro atoms. The molecule has 2 aromatic rings.